The van der Waals surface area contributed by atoms with Gasteiger partial charge in [-0.05, 0) is 26.8 Å². The molecule has 0 heterocycles. The van der Waals surface area contributed by atoms with E-state index in [1.807, 2.05) is 20.8 Å². The molecule has 1 rings (SSSR count). The lowest BCUT2D eigenvalue weighted by atomic mass is 9.99. The van der Waals surface area contributed by atoms with Crippen LogP contribution in [0.15, 0.2) is 17.1 Å². The number of aliphatic imine (C=N–C) groups is 1. The zero-order valence-corrected chi connectivity index (χ0v) is 11.3. The summed E-state index contributed by atoms with van der Waals surface area (Å²) in [7, 11) is 0. The third-order valence-corrected chi connectivity index (χ3v) is 2.37. The van der Waals surface area contributed by atoms with Gasteiger partial charge in [0.2, 0.25) is 0 Å². The number of nitrogens with zero attached hydrogens (tertiary/aromatic N) is 1. The van der Waals surface area contributed by atoms with Crippen LogP contribution < -0.4 is 0 Å². The second-order valence-electron chi connectivity index (χ2n) is 5.35. The number of Topliss-reactive ketones (excluding diaryl/α,β-unsaturated/α-hetero) is 1. The Morgan fingerprint density at radius 3 is 2.21 bits per heavy atom. The number of benzene rings is 1. The Morgan fingerprint density at radius 2 is 1.68 bits per heavy atom. The molecule has 0 radical (unpaired) electrons. The molecular weight excluding hydrogens is 255 g/mol. The van der Waals surface area contributed by atoms with Crippen LogP contribution in [0.1, 0.15) is 38.1 Å². The fourth-order valence-electron chi connectivity index (χ4n) is 1.36. The average Bonchev–Trinajstić information content (AvgIpc) is 2.29. The lowest BCUT2D eigenvalue weighted by Crippen LogP contribution is -2.18. The van der Waals surface area contributed by atoms with Gasteiger partial charge in [0.15, 0.2) is 17.4 Å². The third-order valence-electron chi connectivity index (χ3n) is 2.37. The van der Waals surface area contributed by atoms with Gasteiger partial charge >= 0.3 is 0 Å². The lowest BCUT2D eigenvalue weighted by Gasteiger charge is -2.13. The van der Waals surface area contributed by atoms with Crippen molar-refractivity contribution in [1.29, 1.82) is 0 Å². The van der Waals surface area contributed by atoms with E-state index in [4.69, 9.17) is 0 Å². The van der Waals surface area contributed by atoms with Crippen molar-refractivity contribution in [3.8, 4) is 0 Å². The maximum atomic E-state index is 13.4. The van der Waals surface area contributed by atoms with E-state index in [0.29, 0.717) is 12.1 Å². The quantitative estimate of drug-likeness (QED) is 0.467. The zero-order chi connectivity index (χ0) is 14.8. The van der Waals surface area contributed by atoms with Crippen molar-refractivity contribution in [2.45, 2.75) is 33.2 Å². The predicted molar refractivity (Wildman–Crippen MR) is 68.1 cm³/mol. The van der Waals surface area contributed by atoms with Crippen LogP contribution in [0.5, 0.6) is 0 Å². The number of carbonyl (C=O) groups excluding carboxylic acids is 1. The fraction of sp³-hybridized carbons (Fsp3) is 0.429. The van der Waals surface area contributed by atoms with Gasteiger partial charge in [-0.25, -0.2) is 13.2 Å². The molecule has 0 aliphatic heterocycles. The van der Waals surface area contributed by atoms with Crippen LogP contribution in [0, 0.1) is 23.4 Å². The van der Waals surface area contributed by atoms with E-state index in [1.54, 1.807) is 0 Å². The summed E-state index contributed by atoms with van der Waals surface area (Å²) in [5.41, 5.74) is -0.826. The van der Waals surface area contributed by atoms with Crippen LogP contribution in [0.4, 0.5) is 13.2 Å². The molecule has 0 aliphatic carbocycles. The van der Waals surface area contributed by atoms with Crippen molar-refractivity contribution in [2.75, 3.05) is 0 Å². The van der Waals surface area contributed by atoms with Crippen LogP contribution in [0.2, 0.25) is 0 Å². The summed E-state index contributed by atoms with van der Waals surface area (Å²) in [5, 5.41) is 0. The zero-order valence-electron chi connectivity index (χ0n) is 11.3. The summed E-state index contributed by atoms with van der Waals surface area (Å²) in [6.07, 6.45) is 1.39. The summed E-state index contributed by atoms with van der Waals surface area (Å²) in [5.74, 6) is -4.97. The highest BCUT2D eigenvalue weighted by Crippen LogP contribution is 2.17. The molecule has 0 bridgehead atoms. The minimum atomic E-state index is -1.31. The molecule has 1 aromatic rings. The molecule has 0 spiro atoms. The molecule has 0 aromatic heterocycles. The summed E-state index contributed by atoms with van der Waals surface area (Å²) >= 11 is 0. The molecule has 2 nitrogen and oxygen atoms in total. The molecule has 0 aliphatic rings. The third kappa shape index (κ3) is 4.19. The van der Waals surface area contributed by atoms with Gasteiger partial charge in [0.05, 0.1) is 17.0 Å². The van der Waals surface area contributed by atoms with Gasteiger partial charge in [-0.1, -0.05) is 6.92 Å². The Balaban J connectivity index is 3.01. The maximum Gasteiger partial charge on any atom is 0.174 e. The molecule has 1 atom stereocenters. The van der Waals surface area contributed by atoms with Crippen LogP contribution in [-0.4, -0.2) is 17.5 Å². The van der Waals surface area contributed by atoms with Gasteiger partial charge in [0.25, 0.3) is 0 Å². The van der Waals surface area contributed by atoms with Crippen molar-refractivity contribution in [3.63, 3.8) is 0 Å². The lowest BCUT2D eigenvalue weighted by molar-refractivity contribution is 0.0958. The van der Waals surface area contributed by atoms with Crippen molar-refractivity contribution in [1.82, 2.24) is 0 Å². The Bertz CT molecular complexity index is 518. The minimum absolute atomic E-state index is 0.360. The number of halogens is 3. The van der Waals surface area contributed by atoms with E-state index in [0.717, 1.165) is 0 Å². The van der Waals surface area contributed by atoms with E-state index in [9.17, 15) is 18.0 Å². The monoisotopic (exact) mass is 271 g/mol. The molecule has 0 N–H and O–H groups in total. The highest BCUT2D eigenvalue weighted by molar-refractivity contribution is 6.06. The van der Waals surface area contributed by atoms with Gasteiger partial charge in [0.1, 0.15) is 5.82 Å². The Morgan fingerprint density at radius 1 is 1.16 bits per heavy atom. The molecular formula is C14H16F3NO. The first kappa shape index (κ1) is 15.4. The van der Waals surface area contributed by atoms with Gasteiger partial charge in [-0.3, -0.25) is 9.79 Å². The first-order valence-corrected chi connectivity index (χ1v) is 5.86. The number of rotatable bonds is 3. The Kier molecular flexibility index (Phi) is 4.50. The van der Waals surface area contributed by atoms with Gasteiger partial charge in [-0.2, -0.15) is 0 Å². The van der Waals surface area contributed by atoms with Gasteiger partial charge in [0, 0.05) is 12.3 Å². The molecule has 0 fully saturated rings. The molecule has 1 unspecified atom stereocenters. The topological polar surface area (TPSA) is 29.4 Å². The number of hydrogen-bond donors (Lipinski definition) is 0. The smallest absolute Gasteiger partial charge is 0.174 e. The molecule has 0 saturated carbocycles. The average molecular weight is 271 g/mol. The van der Waals surface area contributed by atoms with Gasteiger partial charge in [-0.15, -0.1) is 0 Å². The van der Waals surface area contributed by atoms with Crippen LogP contribution in [0.25, 0.3) is 0 Å². The predicted octanol–water partition coefficient (Wildman–Crippen LogP) is 3.79. The van der Waals surface area contributed by atoms with E-state index in [-0.39, 0.29) is 5.54 Å². The largest absolute Gasteiger partial charge is 0.293 e. The summed E-state index contributed by atoms with van der Waals surface area (Å²) in [6, 6.07) is 0.949. The highest BCUT2D eigenvalue weighted by Gasteiger charge is 2.20. The molecule has 0 amide bonds. The normalized spacial score (nSPS) is 13.8. The maximum absolute atomic E-state index is 13.4. The molecule has 0 saturated heterocycles. The van der Waals surface area contributed by atoms with Crippen molar-refractivity contribution < 1.29 is 18.0 Å². The second kappa shape index (κ2) is 5.55. The summed E-state index contributed by atoms with van der Waals surface area (Å²) < 4.78 is 39.2. The van der Waals surface area contributed by atoms with Crippen LogP contribution in [-0.2, 0) is 0 Å². The number of carbonyl (C=O) groups is 1. The molecule has 104 valence electrons. The van der Waals surface area contributed by atoms with E-state index >= 15 is 0 Å². The van der Waals surface area contributed by atoms with E-state index in [1.165, 1.54) is 13.1 Å². The molecule has 19 heavy (non-hydrogen) atoms. The van der Waals surface area contributed by atoms with Gasteiger partial charge < -0.3 is 0 Å². The summed E-state index contributed by atoms with van der Waals surface area (Å²) in [4.78, 5) is 16.1. The van der Waals surface area contributed by atoms with Crippen LogP contribution in [0.3, 0.4) is 0 Å². The first-order chi connectivity index (χ1) is 8.61. The van der Waals surface area contributed by atoms with Crippen LogP contribution >= 0.6 is 0 Å². The Labute approximate surface area is 110 Å². The second-order valence-corrected chi connectivity index (χ2v) is 5.35. The standard InChI is InChI=1S/C14H16F3NO/c1-8(7-18-14(2,3)4)13(19)9-5-11(16)12(17)6-10(9)15/h5-8H,1-4H3. The number of ketones is 1. The SMILES string of the molecule is CC(C=NC(C)(C)C)C(=O)c1cc(F)c(F)cc1F. The summed E-state index contributed by atoms with van der Waals surface area (Å²) in [6.45, 7) is 7.06. The number of hydrogen-bond acceptors (Lipinski definition) is 2. The first-order valence-electron chi connectivity index (χ1n) is 5.86. The minimum Gasteiger partial charge on any atom is -0.293 e. The van der Waals surface area contributed by atoms with Crippen molar-refractivity contribution in [2.24, 2.45) is 10.9 Å². The Hall–Kier alpha value is -1.65. The van der Waals surface area contributed by atoms with Crippen molar-refractivity contribution in [3.05, 3.63) is 35.1 Å². The van der Waals surface area contributed by atoms with E-state index < -0.39 is 34.7 Å². The molecule has 1 aromatic carbocycles. The highest BCUT2D eigenvalue weighted by atomic mass is 19.2. The molecule has 5 heteroatoms. The van der Waals surface area contributed by atoms with Crippen molar-refractivity contribution >= 4 is 12.0 Å². The van der Waals surface area contributed by atoms with E-state index in [2.05, 4.69) is 4.99 Å². The fourth-order valence-corrected chi connectivity index (χ4v) is 1.36.